The van der Waals surface area contributed by atoms with Crippen molar-refractivity contribution in [3.63, 3.8) is 0 Å². The molecule has 0 amide bonds. The van der Waals surface area contributed by atoms with E-state index in [4.69, 9.17) is 16.3 Å². The molecule has 0 spiro atoms. The molecule has 1 unspecified atom stereocenters. The smallest absolute Gasteiger partial charge is 0.338 e. The van der Waals surface area contributed by atoms with E-state index in [-0.39, 0.29) is 12.6 Å². The van der Waals surface area contributed by atoms with Gasteiger partial charge in [-0.25, -0.2) is 18.2 Å². The third-order valence-electron chi connectivity index (χ3n) is 4.64. The summed E-state index contributed by atoms with van der Waals surface area (Å²) in [5.41, 5.74) is 3.13. The molecule has 0 fully saturated rings. The minimum absolute atomic E-state index is 0.0289. The molecular weight excluding hydrogens is 402 g/mol. The summed E-state index contributed by atoms with van der Waals surface area (Å²) in [7, 11) is -3.36. The largest absolute Gasteiger partial charge is 0.456 e. The fourth-order valence-electron chi connectivity index (χ4n) is 3.54. The Labute approximate surface area is 167 Å². The van der Waals surface area contributed by atoms with Crippen molar-refractivity contribution in [3.05, 3.63) is 64.6 Å². The lowest BCUT2D eigenvalue weighted by Gasteiger charge is -2.21. The second kappa shape index (κ2) is 6.79. The number of halogens is 1. The maximum atomic E-state index is 12.4. The number of esters is 1. The van der Waals surface area contributed by atoms with E-state index in [0.717, 1.165) is 5.56 Å². The van der Waals surface area contributed by atoms with E-state index in [1.807, 2.05) is 6.92 Å². The summed E-state index contributed by atoms with van der Waals surface area (Å²) in [4.78, 5) is 16.8. The van der Waals surface area contributed by atoms with Crippen molar-refractivity contribution in [2.45, 2.75) is 26.0 Å². The average Bonchev–Trinajstić information content (AvgIpc) is 3.17. The number of carbonyl (C=O) groups excluding carboxylic acids is 1. The van der Waals surface area contributed by atoms with Crippen LogP contribution in [0.3, 0.4) is 0 Å². The first-order chi connectivity index (χ1) is 13.2. The lowest BCUT2D eigenvalue weighted by atomic mass is 10.1. The summed E-state index contributed by atoms with van der Waals surface area (Å²) in [6.45, 7) is 1.87. The highest BCUT2D eigenvalue weighted by Crippen LogP contribution is 2.34. The zero-order valence-electron chi connectivity index (χ0n) is 15.3. The Morgan fingerprint density at radius 3 is 2.82 bits per heavy atom. The van der Waals surface area contributed by atoms with E-state index in [2.05, 4.69) is 4.98 Å². The molecule has 0 saturated heterocycles. The number of hydrogen-bond acceptors (Lipinski definition) is 5. The number of pyridine rings is 1. The molecule has 1 atom stereocenters. The molecule has 4 rings (SSSR count). The van der Waals surface area contributed by atoms with Crippen molar-refractivity contribution in [3.8, 4) is 0 Å². The minimum atomic E-state index is -3.36. The Hall–Kier alpha value is -2.58. The molecule has 0 aliphatic carbocycles. The SMILES string of the molecule is CC1Cc2cc(C(=O)OCc3cn4cc(Cl)ccc4n3)ccc2N1S(C)(=O)=O. The fraction of sp³-hybridized carbons (Fsp3) is 0.263. The van der Waals surface area contributed by atoms with E-state index >= 15 is 0 Å². The van der Waals surface area contributed by atoms with Gasteiger partial charge in [0.1, 0.15) is 12.3 Å². The van der Waals surface area contributed by atoms with E-state index in [0.29, 0.717) is 34.0 Å². The Morgan fingerprint density at radius 1 is 1.29 bits per heavy atom. The highest BCUT2D eigenvalue weighted by molar-refractivity contribution is 7.92. The van der Waals surface area contributed by atoms with Crippen molar-refractivity contribution in [2.24, 2.45) is 0 Å². The topological polar surface area (TPSA) is 81.0 Å². The predicted molar refractivity (Wildman–Crippen MR) is 106 cm³/mol. The van der Waals surface area contributed by atoms with Gasteiger partial charge >= 0.3 is 5.97 Å². The highest BCUT2D eigenvalue weighted by Gasteiger charge is 2.32. The van der Waals surface area contributed by atoms with Gasteiger partial charge in [-0.05, 0) is 49.2 Å². The van der Waals surface area contributed by atoms with Crippen LogP contribution >= 0.6 is 11.6 Å². The molecule has 7 nitrogen and oxygen atoms in total. The minimum Gasteiger partial charge on any atom is -0.456 e. The molecule has 0 radical (unpaired) electrons. The van der Waals surface area contributed by atoms with Crippen molar-refractivity contribution in [1.82, 2.24) is 9.38 Å². The van der Waals surface area contributed by atoms with Crippen LogP contribution in [0.1, 0.15) is 28.5 Å². The number of benzene rings is 1. The van der Waals surface area contributed by atoms with Gasteiger partial charge in [0, 0.05) is 18.4 Å². The number of nitrogens with zero attached hydrogens (tertiary/aromatic N) is 3. The number of fused-ring (bicyclic) bond motifs is 2. The first-order valence-electron chi connectivity index (χ1n) is 8.65. The van der Waals surface area contributed by atoms with Crippen LogP contribution in [-0.2, 0) is 27.8 Å². The van der Waals surface area contributed by atoms with Crippen molar-refractivity contribution in [1.29, 1.82) is 0 Å². The van der Waals surface area contributed by atoms with Crippen LogP contribution in [0.4, 0.5) is 5.69 Å². The molecule has 2 aromatic heterocycles. The summed E-state index contributed by atoms with van der Waals surface area (Å²) < 4.78 is 32.5. The normalized spacial score (nSPS) is 16.4. The molecule has 9 heteroatoms. The molecule has 1 aliphatic rings. The molecule has 0 bridgehead atoms. The van der Waals surface area contributed by atoms with E-state index in [9.17, 15) is 13.2 Å². The molecule has 28 heavy (non-hydrogen) atoms. The third kappa shape index (κ3) is 3.45. The predicted octanol–water partition coefficient (Wildman–Crippen LogP) is 3.06. The molecule has 0 N–H and O–H groups in total. The molecule has 1 aromatic carbocycles. The van der Waals surface area contributed by atoms with Gasteiger partial charge in [-0.15, -0.1) is 0 Å². The lowest BCUT2D eigenvalue weighted by molar-refractivity contribution is 0.0468. The Kier molecular flexibility index (Phi) is 4.55. The lowest BCUT2D eigenvalue weighted by Crippen LogP contribution is -2.34. The number of anilines is 1. The Balaban J connectivity index is 1.50. The second-order valence-corrected chi connectivity index (χ2v) is 9.17. The van der Waals surface area contributed by atoms with Crippen LogP contribution in [0.25, 0.3) is 5.65 Å². The van der Waals surface area contributed by atoms with Gasteiger partial charge in [0.25, 0.3) is 0 Å². The standard InChI is InChI=1S/C19H18ClN3O4S/c1-12-7-14-8-13(3-5-17(14)23(12)28(2,25)26)19(24)27-11-16-10-22-9-15(20)4-6-18(22)21-16/h3-6,8-10,12H,7,11H2,1-2H3. The van der Waals surface area contributed by atoms with Gasteiger partial charge in [-0.2, -0.15) is 0 Å². The monoisotopic (exact) mass is 419 g/mol. The summed E-state index contributed by atoms with van der Waals surface area (Å²) in [6.07, 6.45) is 5.22. The van der Waals surface area contributed by atoms with E-state index in [1.54, 1.807) is 47.1 Å². The zero-order valence-corrected chi connectivity index (χ0v) is 16.9. The fourth-order valence-corrected chi connectivity index (χ4v) is 4.98. The number of aromatic nitrogens is 2. The highest BCUT2D eigenvalue weighted by atomic mass is 35.5. The van der Waals surface area contributed by atoms with Crippen molar-refractivity contribution < 1.29 is 17.9 Å². The number of carbonyl (C=O) groups is 1. The van der Waals surface area contributed by atoms with Gasteiger partial charge in [0.2, 0.25) is 10.0 Å². The van der Waals surface area contributed by atoms with E-state index in [1.165, 1.54) is 10.6 Å². The molecular formula is C19H18ClN3O4S. The Bertz CT molecular complexity index is 1190. The number of sulfonamides is 1. The van der Waals surface area contributed by atoms with Crippen LogP contribution in [0, 0.1) is 0 Å². The van der Waals surface area contributed by atoms with Gasteiger partial charge in [0.05, 0.1) is 28.2 Å². The maximum Gasteiger partial charge on any atom is 0.338 e. The van der Waals surface area contributed by atoms with Crippen LogP contribution in [0.15, 0.2) is 42.7 Å². The van der Waals surface area contributed by atoms with Crippen LogP contribution < -0.4 is 4.31 Å². The number of imidazole rings is 1. The molecule has 146 valence electrons. The van der Waals surface area contributed by atoms with Gasteiger partial charge < -0.3 is 9.14 Å². The van der Waals surface area contributed by atoms with Crippen LogP contribution in [0.2, 0.25) is 5.02 Å². The van der Waals surface area contributed by atoms with Crippen LogP contribution in [-0.4, -0.2) is 36.1 Å². The number of ether oxygens (including phenoxy) is 1. The molecule has 3 heterocycles. The number of hydrogen-bond donors (Lipinski definition) is 0. The summed E-state index contributed by atoms with van der Waals surface area (Å²) in [6, 6.07) is 8.28. The first kappa shape index (κ1) is 18.8. The Morgan fingerprint density at radius 2 is 2.07 bits per heavy atom. The maximum absolute atomic E-state index is 12.4. The van der Waals surface area contributed by atoms with Gasteiger partial charge in [-0.3, -0.25) is 4.31 Å². The van der Waals surface area contributed by atoms with Crippen molar-refractivity contribution in [2.75, 3.05) is 10.6 Å². The molecule has 1 aliphatic heterocycles. The quantitative estimate of drug-likeness (QED) is 0.607. The molecule has 3 aromatic rings. The number of rotatable bonds is 4. The zero-order chi connectivity index (χ0) is 20.1. The summed E-state index contributed by atoms with van der Waals surface area (Å²) >= 11 is 5.96. The summed E-state index contributed by atoms with van der Waals surface area (Å²) in [5.74, 6) is -0.483. The summed E-state index contributed by atoms with van der Waals surface area (Å²) in [5, 5.41) is 0.587. The van der Waals surface area contributed by atoms with E-state index < -0.39 is 16.0 Å². The first-order valence-corrected chi connectivity index (χ1v) is 10.9. The molecule has 0 saturated carbocycles. The second-order valence-electron chi connectivity index (χ2n) is 6.88. The third-order valence-corrected chi connectivity index (χ3v) is 6.14. The van der Waals surface area contributed by atoms with Gasteiger partial charge in [-0.1, -0.05) is 11.6 Å². The van der Waals surface area contributed by atoms with Crippen molar-refractivity contribution >= 4 is 38.9 Å². The average molecular weight is 420 g/mol. The van der Waals surface area contributed by atoms with Gasteiger partial charge in [0.15, 0.2) is 0 Å². The van der Waals surface area contributed by atoms with Crippen LogP contribution in [0.5, 0.6) is 0 Å².